The summed E-state index contributed by atoms with van der Waals surface area (Å²) >= 11 is 2.50. The van der Waals surface area contributed by atoms with Gasteiger partial charge in [-0.3, -0.25) is 9.59 Å². The van der Waals surface area contributed by atoms with Crippen LogP contribution in [0.1, 0.15) is 5.69 Å². The number of aliphatic hydroxyl groups excluding tert-OH is 2. The summed E-state index contributed by atoms with van der Waals surface area (Å²) in [5.41, 5.74) is 6.09. The number of carbonyl (C=O) groups excluding carboxylic acids is 3. The Balaban J connectivity index is 1.47. The van der Waals surface area contributed by atoms with Crippen molar-refractivity contribution >= 4 is 51.6 Å². The molecule has 2 fully saturated rings. The molecule has 4 rings (SSSR count). The van der Waals surface area contributed by atoms with Gasteiger partial charge in [-0.05, 0) is 17.2 Å². The summed E-state index contributed by atoms with van der Waals surface area (Å²) < 4.78 is 0.412. The number of aromatic nitrogens is 1. The molecule has 1 amide bonds. The van der Waals surface area contributed by atoms with Gasteiger partial charge in [-0.1, -0.05) is 11.2 Å². The highest BCUT2D eigenvalue weighted by molar-refractivity contribution is 8.00. The molecule has 5 atom stereocenters. The largest absolute Gasteiger partial charge is 0.545 e. The zero-order valence-corrected chi connectivity index (χ0v) is 21.3. The van der Waals surface area contributed by atoms with Crippen LogP contribution in [-0.4, -0.2) is 106 Å². The number of likely N-dealkylation sites (tertiary alicyclic amines) is 1. The predicted molar refractivity (Wildman–Crippen MR) is 131 cm³/mol. The van der Waals surface area contributed by atoms with Crippen molar-refractivity contribution in [2.45, 2.75) is 23.5 Å². The highest BCUT2D eigenvalue weighted by atomic mass is 32.2. The van der Waals surface area contributed by atoms with Crippen molar-refractivity contribution in [1.82, 2.24) is 10.3 Å². The Morgan fingerprint density at radius 3 is 2.67 bits per heavy atom. The first-order valence-corrected chi connectivity index (χ1v) is 13.1. The summed E-state index contributed by atoms with van der Waals surface area (Å²) in [6.45, 7) is 1.25. The third kappa shape index (κ3) is 5.04. The molecule has 3 heterocycles. The molecule has 1 unspecified atom stereocenters. The molecule has 1 saturated carbocycles. The number of nitrogen functional groups attached to an aromatic ring is 1. The second kappa shape index (κ2) is 10.3. The van der Waals surface area contributed by atoms with Crippen LogP contribution in [0.5, 0.6) is 0 Å². The first-order chi connectivity index (χ1) is 17.0. The van der Waals surface area contributed by atoms with Gasteiger partial charge in [0.05, 0.1) is 25.5 Å². The number of nitrogens with one attached hydrogen (secondary N) is 1. The average Bonchev–Trinajstić information content (AvgIpc) is 3.36. The molecule has 0 spiro atoms. The van der Waals surface area contributed by atoms with Crippen LogP contribution in [0, 0.1) is 5.92 Å². The number of ketones is 1. The van der Waals surface area contributed by atoms with E-state index in [0.717, 1.165) is 11.3 Å². The Labute approximate surface area is 215 Å². The van der Waals surface area contributed by atoms with Crippen LogP contribution in [0.3, 0.4) is 0 Å². The molecule has 5 N–H and O–H groups in total. The molecule has 12 nitrogen and oxygen atoms in total. The number of thioether (sulfide) groups is 1. The van der Waals surface area contributed by atoms with Crippen molar-refractivity contribution in [2.24, 2.45) is 11.1 Å². The van der Waals surface area contributed by atoms with E-state index in [1.54, 1.807) is 12.2 Å². The number of quaternary nitrogens is 1. The summed E-state index contributed by atoms with van der Waals surface area (Å²) in [5, 5.41) is 39.3. The van der Waals surface area contributed by atoms with E-state index in [4.69, 9.17) is 10.6 Å². The lowest BCUT2D eigenvalue weighted by Gasteiger charge is -2.47. The first-order valence-electron chi connectivity index (χ1n) is 11.1. The minimum atomic E-state index is -1.42. The molecular weight excluding hydrogens is 510 g/mol. The van der Waals surface area contributed by atoms with E-state index in [1.165, 1.54) is 24.3 Å². The normalized spacial score (nSPS) is 29.7. The van der Waals surface area contributed by atoms with Gasteiger partial charge in [-0.25, -0.2) is 4.98 Å². The number of allylic oxidation sites excluding steroid dienone is 1. The summed E-state index contributed by atoms with van der Waals surface area (Å²) in [6.07, 6.45) is 1.87. The van der Waals surface area contributed by atoms with Crippen LogP contribution >= 0.6 is 23.1 Å². The van der Waals surface area contributed by atoms with Crippen LogP contribution in [0.2, 0.25) is 0 Å². The number of likely N-dealkylation sites (N-methyl/N-ethyl adjacent to an activating group) is 1. The number of carboxylic acid groups (broad SMARTS) is 1. The molecule has 1 aromatic heterocycles. The van der Waals surface area contributed by atoms with Crippen LogP contribution < -0.4 is 16.2 Å². The molecule has 36 heavy (non-hydrogen) atoms. The second-order valence-electron chi connectivity index (χ2n) is 9.23. The third-order valence-electron chi connectivity index (χ3n) is 6.59. The maximum atomic E-state index is 13.0. The fourth-order valence-electron chi connectivity index (χ4n) is 4.82. The number of nitrogens with two attached hydrogens (primary N) is 1. The predicted octanol–water partition coefficient (Wildman–Crippen LogP) is -2.34. The van der Waals surface area contributed by atoms with Gasteiger partial charge in [-0.2, -0.15) is 11.8 Å². The zero-order chi connectivity index (χ0) is 26.2. The standard InChI is InChI=1S/C22H27N5O7S2/c1-27(6-12(28)13(29)7-27)5-3-4-10-8-35-19-15(14(10)21(32)33)18(30)17(19)25-20(31)16(26-34-2)11-9-36-22(23)24-11/h3-4,9,12-13,15,17,19,28-29H,5-8H2,1-2H3,(H3-,23,24,25,31,32,33)/b4-3+,26-16-/t12-,13-,15?,17+,19-/m0/s1. The van der Waals surface area contributed by atoms with Gasteiger partial charge >= 0.3 is 0 Å². The highest BCUT2D eigenvalue weighted by Crippen LogP contribution is 2.45. The molecule has 1 aliphatic carbocycles. The van der Waals surface area contributed by atoms with Crippen molar-refractivity contribution in [3.63, 3.8) is 0 Å². The number of aliphatic hydroxyl groups is 2. The van der Waals surface area contributed by atoms with Gasteiger partial charge < -0.3 is 40.5 Å². The van der Waals surface area contributed by atoms with E-state index in [1.807, 2.05) is 7.05 Å². The number of aliphatic carboxylic acids is 1. The molecule has 14 heteroatoms. The Bertz CT molecular complexity index is 1150. The minimum absolute atomic E-state index is 0.0762. The fourth-order valence-corrected chi connectivity index (χ4v) is 6.85. The molecule has 0 radical (unpaired) electrons. The van der Waals surface area contributed by atoms with Crippen molar-refractivity contribution in [2.75, 3.05) is 45.3 Å². The number of Topliss-reactive ketones (excluding diaryl/α,β-unsaturated/α-hetero) is 1. The van der Waals surface area contributed by atoms with E-state index < -0.39 is 47.1 Å². The number of thiazole rings is 1. The van der Waals surface area contributed by atoms with Crippen molar-refractivity contribution < 1.29 is 39.0 Å². The third-order valence-corrected chi connectivity index (χ3v) is 8.67. The van der Waals surface area contributed by atoms with Crippen LogP contribution in [0.25, 0.3) is 0 Å². The van der Waals surface area contributed by atoms with E-state index in [2.05, 4.69) is 15.5 Å². The Hall–Kier alpha value is -2.78. The Morgan fingerprint density at radius 1 is 1.39 bits per heavy atom. The highest BCUT2D eigenvalue weighted by Gasteiger charge is 2.55. The lowest BCUT2D eigenvalue weighted by molar-refractivity contribution is -0.894. The quantitative estimate of drug-likeness (QED) is 0.159. The topological polar surface area (TPSA) is 187 Å². The van der Waals surface area contributed by atoms with E-state index in [-0.39, 0.29) is 22.1 Å². The first kappa shape index (κ1) is 26.3. The van der Waals surface area contributed by atoms with Gasteiger partial charge in [0, 0.05) is 16.4 Å². The molecule has 194 valence electrons. The molecule has 1 aromatic rings. The number of oxime groups is 1. The maximum Gasteiger partial charge on any atom is 0.276 e. The number of amides is 1. The molecule has 3 aliphatic rings. The number of rotatable bonds is 8. The minimum Gasteiger partial charge on any atom is -0.545 e. The molecule has 1 saturated heterocycles. The van der Waals surface area contributed by atoms with Gasteiger partial charge in [0.25, 0.3) is 5.91 Å². The second-order valence-corrected chi connectivity index (χ2v) is 11.3. The van der Waals surface area contributed by atoms with Crippen molar-refractivity contribution in [1.29, 1.82) is 0 Å². The Morgan fingerprint density at radius 2 is 2.08 bits per heavy atom. The fraction of sp³-hybridized carbons (Fsp3) is 0.500. The van der Waals surface area contributed by atoms with Crippen molar-refractivity contribution in [3.8, 4) is 0 Å². The Kier molecular flexibility index (Phi) is 7.52. The van der Waals surface area contributed by atoms with E-state index in [0.29, 0.717) is 35.4 Å². The number of anilines is 1. The molecule has 0 aromatic carbocycles. The maximum absolute atomic E-state index is 13.0. The van der Waals surface area contributed by atoms with Gasteiger partial charge in [0.2, 0.25) is 0 Å². The van der Waals surface area contributed by atoms with E-state index in [9.17, 15) is 29.7 Å². The lowest BCUT2D eigenvalue weighted by Crippen LogP contribution is -2.66. The van der Waals surface area contributed by atoms with Crippen molar-refractivity contribution in [3.05, 3.63) is 34.4 Å². The summed E-state index contributed by atoms with van der Waals surface area (Å²) in [5.74, 6) is -3.12. The molecule has 2 aliphatic heterocycles. The molecular formula is C22H27N5O7S2. The monoisotopic (exact) mass is 537 g/mol. The zero-order valence-electron chi connectivity index (χ0n) is 19.6. The lowest BCUT2D eigenvalue weighted by atomic mass is 9.71. The summed E-state index contributed by atoms with van der Waals surface area (Å²) in [4.78, 5) is 46.6. The number of carbonyl (C=O) groups is 3. The average molecular weight is 538 g/mol. The van der Waals surface area contributed by atoms with Gasteiger partial charge in [0.1, 0.15) is 44.1 Å². The number of hydrogen-bond donors (Lipinski definition) is 4. The van der Waals surface area contributed by atoms with Gasteiger partial charge in [-0.15, -0.1) is 11.3 Å². The van der Waals surface area contributed by atoms with E-state index >= 15 is 0 Å². The smallest absolute Gasteiger partial charge is 0.276 e. The van der Waals surface area contributed by atoms with Gasteiger partial charge in [0.15, 0.2) is 16.6 Å². The number of fused-ring (bicyclic) bond motifs is 1. The summed E-state index contributed by atoms with van der Waals surface area (Å²) in [6, 6.07) is -0.900. The number of nitrogens with zero attached hydrogens (tertiary/aromatic N) is 3. The summed E-state index contributed by atoms with van der Waals surface area (Å²) in [7, 11) is 3.17. The molecule has 0 bridgehead atoms. The van der Waals surface area contributed by atoms with Crippen LogP contribution in [0.15, 0.2) is 33.8 Å². The SMILES string of the molecule is CO/N=C(\C(=O)N[C@@H]1C(=O)C2C(C(=O)[O-])=C(/C=C/C[N+]3(C)C[C@H](O)[C@@H](O)C3)CS[C@@H]21)c1csc(N)n1. The number of hydrogen-bond acceptors (Lipinski definition) is 12. The number of carboxylic acids is 1. The van der Waals surface area contributed by atoms with Crippen LogP contribution in [0.4, 0.5) is 5.13 Å². The van der Waals surface area contributed by atoms with Crippen LogP contribution in [-0.2, 0) is 19.2 Å².